The molecule has 1 aliphatic heterocycles. The van der Waals surface area contributed by atoms with Crippen molar-refractivity contribution in [2.75, 3.05) is 24.6 Å². The first-order chi connectivity index (χ1) is 7.70. The molecule has 2 heterocycles. The zero-order valence-electron chi connectivity index (χ0n) is 8.98. The third-order valence-electron chi connectivity index (χ3n) is 2.38. The Balaban J connectivity index is 2.04. The van der Waals surface area contributed by atoms with E-state index in [4.69, 9.17) is 9.15 Å². The van der Waals surface area contributed by atoms with E-state index >= 15 is 0 Å². The van der Waals surface area contributed by atoms with Crippen LogP contribution >= 0.6 is 0 Å². The van der Waals surface area contributed by atoms with Crippen LogP contribution < -0.4 is 4.90 Å². The number of halogens is 1. The minimum absolute atomic E-state index is 0.124. The Morgan fingerprint density at radius 1 is 1.81 bits per heavy atom. The van der Waals surface area contributed by atoms with Crippen molar-refractivity contribution in [1.29, 1.82) is 0 Å². The summed E-state index contributed by atoms with van der Waals surface area (Å²) in [5, 5.41) is 0. The van der Waals surface area contributed by atoms with Crippen LogP contribution in [-0.2, 0) is 4.74 Å². The average Bonchev–Trinajstić information content (AvgIpc) is 2.85. The van der Waals surface area contributed by atoms with Crippen LogP contribution in [0.4, 0.5) is 10.4 Å². The first-order valence-electron chi connectivity index (χ1n) is 5.22. The predicted octanol–water partition coefficient (Wildman–Crippen LogP) is 1.40. The molecule has 16 heavy (non-hydrogen) atoms. The van der Waals surface area contributed by atoms with Gasteiger partial charge in [0.05, 0.1) is 13.2 Å². The number of nitrogens with zero attached hydrogens (tertiary/aromatic N) is 2. The van der Waals surface area contributed by atoms with Crippen LogP contribution in [0.1, 0.15) is 23.8 Å². The quantitative estimate of drug-likeness (QED) is 0.732. The summed E-state index contributed by atoms with van der Waals surface area (Å²) < 4.78 is 22.8. The molecule has 1 atom stereocenters. The van der Waals surface area contributed by atoms with E-state index in [1.165, 1.54) is 6.26 Å². The normalized spacial score (nSPS) is 20.1. The fraction of sp³-hybridized carbons (Fsp3) is 0.600. The molecule has 1 unspecified atom stereocenters. The summed E-state index contributed by atoms with van der Waals surface area (Å²) in [7, 11) is 0. The second-order valence-electron chi connectivity index (χ2n) is 3.57. The molecule has 1 saturated heterocycles. The van der Waals surface area contributed by atoms with E-state index in [0.717, 1.165) is 0 Å². The first kappa shape index (κ1) is 10.9. The molecule has 0 aromatic carbocycles. The molecular weight excluding hydrogens is 215 g/mol. The summed E-state index contributed by atoms with van der Waals surface area (Å²) in [5.41, 5.74) is 0.124. The largest absolute Gasteiger partial charge is 0.461 e. The Hall–Kier alpha value is -1.59. The molecule has 5 nitrogen and oxygen atoms in total. The number of rotatable bonds is 3. The lowest BCUT2D eigenvalue weighted by molar-refractivity contribution is 0.0519. The molecule has 0 aliphatic carbocycles. The summed E-state index contributed by atoms with van der Waals surface area (Å²) in [6.45, 7) is 2.83. The van der Waals surface area contributed by atoms with Crippen molar-refractivity contribution in [3.63, 3.8) is 0 Å². The maximum Gasteiger partial charge on any atom is 0.360 e. The zero-order valence-corrected chi connectivity index (χ0v) is 8.98. The standard InChI is InChI=1S/C10H13FN2O3/c1-2-15-9(14)8-6-16-10(12-8)13-4-3-7(11)5-13/h6-7H,2-5H2,1H3. The first-order valence-corrected chi connectivity index (χ1v) is 5.22. The predicted molar refractivity (Wildman–Crippen MR) is 54.2 cm³/mol. The molecule has 1 aromatic heterocycles. The van der Waals surface area contributed by atoms with Gasteiger partial charge in [-0.3, -0.25) is 0 Å². The van der Waals surface area contributed by atoms with E-state index in [1.54, 1.807) is 11.8 Å². The van der Waals surface area contributed by atoms with Gasteiger partial charge in [-0.25, -0.2) is 9.18 Å². The smallest absolute Gasteiger partial charge is 0.360 e. The van der Waals surface area contributed by atoms with Gasteiger partial charge in [-0.2, -0.15) is 4.98 Å². The number of alkyl halides is 1. The number of carbonyl (C=O) groups is 1. The highest BCUT2D eigenvalue weighted by Gasteiger charge is 2.26. The van der Waals surface area contributed by atoms with Crippen molar-refractivity contribution in [1.82, 2.24) is 4.98 Å². The van der Waals surface area contributed by atoms with E-state index in [9.17, 15) is 9.18 Å². The van der Waals surface area contributed by atoms with Crippen molar-refractivity contribution in [2.45, 2.75) is 19.5 Å². The SMILES string of the molecule is CCOC(=O)c1coc(N2CCC(F)C2)n1. The molecular formula is C10H13FN2O3. The van der Waals surface area contributed by atoms with Crippen LogP contribution in [0.3, 0.4) is 0 Å². The molecule has 6 heteroatoms. The lowest BCUT2D eigenvalue weighted by Gasteiger charge is -2.10. The average molecular weight is 228 g/mol. The Labute approximate surface area is 92.2 Å². The Morgan fingerprint density at radius 2 is 2.62 bits per heavy atom. The summed E-state index contributed by atoms with van der Waals surface area (Å²) >= 11 is 0. The van der Waals surface area contributed by atoms with E-state index < -0.39 is 12.1 Å². The van der Waals surface area contributed by atoms with Gasteiger partial charge in [0, 0.05) is 6.54 Å². The van der Waals surface area contributed by atoms with Crippen molar-refractivity contribution in [3.8, 4) is 0 Å². The molecule has 1 aliphatic rings. The van der Waals surface area contributed by atoms with Crippen LogP contribution in [0.25, 0.3) is 0 Å². The fourth-order valence-electron chi connectivity index (χ4n) is 1.60. The Morgan fingerprint density at radius 3 is 3.25 bits per heavy atom. The molecule has 2 rings (SSSR count). The van der Waals surface area contributed by atoms with Crippen LogP contribution in [-0.4, -0.2) is 36.8 Å². The molecule has 1 fully saturated rings. The molecule has 0 N–H and O–H groups in total. The highest BCUT2D eigenvalue weighted by Crippen LogP contribution is 2.21. The van der Waals surface area contributed by atoms with Gasteiger partial charge in [-0.05, 0) is 13.3 Å². The van der Waals surface area contributed by atoms with Crippen LogP contribution in [0.5, 0.6) is 0 Å². The molecule has 0 saturated carbocycles. The Kier molecular flexibility index (Phi) is 3.07. The minimum atomic E-state index is -0.849. The van der Waals surface area contributed by atoms with Crippen LogP contribution in [0, 0.1) is 0 Å². The Bertz CT molecular complexity index is 380. The molecule has 0 radical (unpaired) electrons. The van der Waals surface area contributed by atoms with Gasteiger partial charge in [0.25, 0.3) is 6.01 Å². The van der Waals surface area contributed by atoms with E-state index in [2.05, 4.69) is 4.98 Å². The number of hydrogen-bond acceptors (Lipinski definition) is 5. The fourth-order valence-corrected chi connectivity index (χ4v) is 1.60. The number of anilines is 1. The number of hydrogen-bond donors (Lipinski definition) is 0. The van der Waals surface area contributed by atoms with Crippen LogP contribution in [0.15, 0.2) is 10.7 Å². The van der Waals surface area contributed by atoms with Crippen LogP contribution in [0.2, 0.25) is 0 Å². The summed E-state index contributed by atoms with van der Waals surface area (Å²) in [6.07, 6.45) is 0.855. The van der Waals surface area contributed by atoms with Gasteiger partial charge in [-0.15, -0.1) is 0 Å². The number of carbonyl (C=O) groups excluding carboxylic acids is 1. The van der Waals surface area contributed by atoms with Gasteiger partial charge in [-0.1, -0.05) is 0 Å². The molecule has 0 bridgehead atoms. The van der Waals surface area contributed by atoms with Gasteiger partial charge >= 0.3 is 5.97 Å². The highest BCUT2D eigenvalue weighted by molar-refractivity contribution is 5.87. The third-order valence-corrected chi connectivity index (χ3v) is 2.38. The van der Waals surface area contributed by atoms with Crippen molar-refractivity contribution < 1.29 is 18.3 Å². The zero-order chi connectivity index (χ0) is 11.5. The van der Waals surface area contributed by atoms with Gasteiger partial charge in [0.1, 0.15) is 12.4 Å². The number of oxazole rings is 1. The summed E-state index contributed by atoms with van der Waals surface area (Å²) in [6, 6.07) is 0.281. The lowest BCUT2D eigenvalue weighted by atomic mass is 10.3. The number of aromatic nitrogens is 1. The second-order valence-corrected chi connectivity index (χ2v) is 3.57. The maximum absolute atomic E-state index is 12.9. The molecule has 0 spiro atoms. The van der Waals surface area contributed by atoms with Gasteiger partial charge < -0.3 is 14.1 Å². The van der Waals surface area contributed by atoms with Crippen molar-refractivity contribution in [2.24, 2.45) is 0 Å². The summed E-state index contributed by atoms with van der Waals surface area (Å²) in [4.78, 5) is 16.9. The van der Waals surface area contributed by atoms with E-state index in [1.807, 2.05) is 0 Å². The number of esters is 1. The summed E-state index contributed by atoms with van der Waals surface area (Å²) in [5.74, 6) is -0.520. The molecule has 0 amide bonds. The van der Waals surface area contributed by atoms with Crippen molar-refractivity contribution >= 4 is 12.0 Å². The number of ether oxygens (including phenoxy) is 1. The highest BCUT2D eigenvalue weighted by atomic mass is 19.1. The lowest BCUT2D eigenvalue weighted by Crippen LogP contribution is -2.20. The monoisotopic (exact) mass is 228 g/mol. The van der Waals surface area contributed by atoms with Gasteiger partial charge in [0.15, 0.2) is 5.69 Å². The van der Waals surface area contributed by atoms with E-state index in [0.29, 0.717) is 13.0 Å². The second kappa shape index (κ2) is 4.51. The molecule has 88 valence electrons. The van der Waals surface area contributed by atoms with Crippen molar-refractivity contribution in [3.05, 3.63) is 12.0 Å². The third kappa shape index (κ3) is 2.15. The van der Waals surface area contributed by atoms with E-state index in [-0.39, 0.29) is 24.9 Å². The molecule has 1 aromatic rings. The van der Waals surface area contributed by atoms with Gasteiger partial charge in [0.2, 0.25) is 0 Å². The minimum Gasteiger partial charge on any atom is -0.461 e. The topological polar surface area (TPSA) is 55.6 Å². The maximum atomic E-state index is 12.9.